The summed E-state index contributed by atoms with van der Waals surface area (Å²) < 4.78 is 0. The first-order valence-corrected chi connectivity index (χ1v) is 5.02. The summed E-state index contributed by atoms with van der Waals surface area (Å²) in [5, 5.41) is 2.74. The third kappa shape index (κ3) is 4.40. The highest BCUT2D eigenvalue weighted by Crippen LogP contribution is 2.06. The molecule has 1 rings (SSSR count). The standard InChI is InChI=1S/C12H16N2O/c1-10-6-8-13-9-12(10)5-3-4-7-14-11(2)15/h3,5-6,8-9H,4,7H2,1-2H3,(H,14,15). The first kappa shape index (κ1) is 11.4. The Labute approximate surface area is 90.2 Å². The fourth-order valence-corrected chi connectivity index (χ4v) is 1.19. The van der Waals surface area contributed by atoms with Crippen LogP contribution in [0.2, 0.25) is 0 Å². The highest BCUT2D eigenvalue weighted by atomic mass is 16.1. The minimum Gasteiger partial charge on any atom is -0.356 e. The number of nitrogens with zero attached hydrogens (tertiary/aromatic N) is 1. The van der Waals surface area contributed by atoms with E-state index >= 15 is 0 Å². The molecule has 0 aromatic carbocycles. The lowest BCUT2D eigenvalue weighted by Crippen LogP contribution is -2.20. The monoisotopic (exact) mass is 204 g/mol. The van der Waals surface area contributed by atoms with Crippen molar-refractivity contribution in [2.75, 3.05) is 6.54 Å². The Balaban J connectivity index is 2.38. The maximum absolute atomic E-state index is 10.6. The van der Waals surface area contributed by atoms with Gasteiger partial charge in [-0.1, -0.05) is 12.2 Å². The van der Waals surface area contributed by atoms with Crippen LogP contribution in [-0.2, 0) is 4.79 Å². The molecule has 0 aliphatic heterocycles. The van der Waals surface area contributed by atoms with Crippen LogP contribution in [0.3, 0.4) is 0 Å². The van der Waals surface area contributed by atoms with Crippen molar-refractivity contribution in [1.29, 1.82) is 0 Å². The molecule has 0 fully saturated rings. The number of carbonyl (C=O) groups excluding carboxylic acids is 1. The first-order valence-electron chi connectivity index (χ1n) is 5.02. The molecule has 0 saturated heterocycles. The molecule has 0 bridgehead atoms. The van der Waals surface area contributed by atoms with Crippen molar-refractivity contribution < 1.29 is 4.79 Å². The van der Waals surface area contributed by atoms with Gasteiger partial charge in [0.2, 0.25) is 5.91 Å². The predicted molar refractivity (Wildman–Crippen MR) is 61.3 cm³/mol. The van der Waals surface area contributed by atoms with E-state index in [1.165, 1.54) is 12.5 Å². The lowest BCUT2D eigenvalue weighted by molar-refractivity contribution is -0.118. The van der Waals surface area contributed by atoms with Gasteiger partial charge in [0.25, 0.3) is 0 Å². The van der Waals surface area contributed by atoms with Gasteiger partial charge in [-0.15, -0.1) is 0 Å². The Kier molecular flexibility index (Phi) is 4.54. The normalized spacial score (nSPS) is 10.5. The lowest BCUT2D eigenvalue weighted by Gasteiger charge is -1.99. The third-order valence-electron chi connectivity index (χ3n) is 2.06. The predicted octanol–water partition coefficient (Wildman–Crippen LogP) is 1.93. The molecule has 3 heteroatoms. The Morgan fingerprint density at radius 3 is 3.07 bits per heavy atom. The number of carbonyl (C=O) groups is 1. The van der Waals surface area contributed by atoms with Gasteiger partial charge in [-0.05, 0) is 30.5 Å². The van der Waals surface area contributed by atoms with Crippen LogP contribution in [0, 0.1) is 6.92 Å². The van der Waals surface area contributed by atoms with Crippen molar-refractivity contribution in [2.45, 2.75) is 20.3 Å². The van der Waals surface area contributed by atoms with Crippen molar-refractivity contribution >= 4 is 12.0 Å². The Morgan fingerprint density at radius 2 is 2.40 bits per heavy atom. The SMILES string of the molecule is CC(=O)NCCC=Cc1cnccc1C. The van der Waals surface area contributed by atoms with E-state index in [4.69, 9.17) is 0 Å². The zero-order valence-corrected chi connectivity index (χ0v) is 9.16. The number of hydrogen-bond acceptors (Lipinski definition) is 2. The summed E-state index contributed by atoms with van der Waals surface area (Å²) in [6.07, 6.45) is 8.53. The maximum Gasteiger partial charge on any atom is 0.216 e. The van der Waals surface area contributed by atoms with Crippen LogP contribution < -0.4 is 5.32 Å². The second kappa shape index (κ2) is 5.96. The number of amides is 1. The van der Waals surface area contributed by atoms with Gasteiger partial charge in [0.1, 0.15) is 0 Å². The largest absolute Gasteiger partial charge is 0.356 e. The fourth-order valence-electron chi connectivity index (χ4n) is 1.19. The van der Waals surface area contributed by atoms with Crippen molar-refractivity contribution in [3.05, 3.63) is 35.7 Å². The number of aromatic nitrogens is 1. The summed E-state index contributed by atoms with van der Waals surface area (Å²) in [6, 6.07) is 1.98. The van der Waals surface area contributed by atoms with Crippen molar-refractivity contribution in [2.24, 2.45) is 0 Å². The molecular formula is C12H16N2O. The van der Waals surface area contributed by atoms with Gasteiger partial charge < -0.3 is 5.32 Å². The van der Waals surface area contributed by atoms with E-state index in [0.29, 0.717) is 6.54 Å². The van der Waals surface area contributed by atoms with Crippen LogP contribution >= 0.6 is 0 Å². The number of nitrogens with one attached hydrogen (secondary N) is 1. The van der Waals surface area contributed by atoms with Gasteiger partial charge >= 0.3 is 0 Å². The zero-order valence-electron chi connectivity index (χ0n) is 9.16. The minimum atomic E-state index is 0.0148. The third-order valence-corrected chi connectivity index (χ3v) is 2.06. The lowest BCUT2D eigenvalue weighted by atomic mass is 10.1. The maximum atomic E-state index is 10.6. The molecule has 3 nitrogen and oxygen atoms in total. The Morgan fingerprint density at radius 1 is 1.60 bits per heavy atom. The molecule has 0 aliphatic carbocycles. The fraction of sp³-hybridized carbons (Fsp3) is 0.333. The van der Waals surface area contributed by atoms with E-state index in [-0.39, 0.29) is 5.91 Å². The second-order valence-electron chi connectivity index (χ2n) is 3.41. The molecule has 1 aromatic rings. The molecule has 0 atom stereocenters. The second-order valence-corrected chi connectivity index (χ2v) is 3.41. The summed E-state index contributed by atoms with van der Waals surface area (Å²) in [5.41, 5.74) is 2.33. The number of hydrogen-bond donors (Lipinski definition) is 1. The highest BCUT2D eigenvalue weighted by molar-refractivity contribution is 5.72. The van der Waals surface area contributed by atoms with Crippen molar-refractivity contribution in [3.8, 4) is 0 Å². The van der Waals surface area contributed by atoms with E-state index in [1.54, 1.807) is 6.20 Å². The van der Waals surface area contributed by atoms with Crippen LogP contribution in [0.1, 0.15) is 24.5 Å². The van der Waals surface area contributed by atoms with E-state index in [0.717, 1.165) is 12.0 Å². The van der Waals surface area contributed by atoms with Crippen LogP contribution in [-0.4, -0.2) is 17.4 Å². The average Bonchev–Trinajstić information content (AvgIpc) is 2.20. The van der Waals surface area contributed by atoms with Gasteiger partial charge in [0.15, 0.2) is 0 Å². The van der Waals surface area contributed by atoms with Gasteiger partial charge in [0, 0.05) is 25.9 Å². The van der Waals surface area contributed by atoms with E-state index in [9.17, 15) is 4.79 Å². The smallest absolute Gasteiger partial charge is 0.216 e. The Bertz CT molecular complexity index is 358. The molecule has 0 radical (unpaired) electrons. The minimum absolute atomic E-state index is 0.0148. The number of aryl methyl sites for hydroxylation is 1. The summed E-state index contributed by atoms with van der Waals surface area (Å²) in [7, 11) is 0. The molecule has 1 heterocycles. The van der Waals surface area contributed by atoms with Crippen LogP contribution in [0.5, 0.6) is 0 Å². The number of pyridine rings is 1. The van der Waals surface area contributed by atoms with Crippen molar-refractivity contribution in [1.82, 2.24) is 10.3 Å². The number of rotatable bonds is 4. The molecule has 0 spiro atoms. The van der Waals surface area contributed by atoms with Gasteiger partial charge in [-0.3, -0.25) is 9.78 Å². The molecule has 0 aliphatic rings. The molecule has 1 N–H and O–H groups in total. The molecule has 0 unspecified atom stereocenters. The quantitative estimate of drug-likeness (QED) is 0.761. The Hall–Kier alpha value is -1.64. The topological polar surface area (TPSA) is 42.0 Å². The summed E-state index contributed by atoms with van der Waals surface area (Å²) >= 11 is 0. The molecule has 1 aromatic heterocycles. The molecule has 80 valence electrons. The highest BCUT2D eigenvalue weighted by Gasteiger charge is 1.91. The van der Waals surface area contributed by atoms with Gasteiger partial charge in [-0.25, -0.2) is 0 Å². The zero-order chi connectivity index (χ0) is 11.1. The summed E-state index contributed by atoms with van der Waals surface area (Å²) in [5.74, 6) is 0.0148. The van der Waals surface area contributed by atoms with Crippen LogP contribution in [0.4, 0.5) is 0 Å². The van der Waals surface area contributed by atoms with E-state index in [2.05, 4.69) is 17.2 Å². The molecular weight excluding hydrogens is 188 g/mol. The van der Waals surface area contributed by atoms with Crippen LogP contribution in [0.15, 0.2) is 24.5 Å². The molecule has 0 saturated carbocycles. The summed E-state index contributed by atoms with van der Waals surface area (Å²) in [4.78, 5) is 14.6. The van der Waals surface area contributed by atoms with Gasteiger partial charge in [-0.2, -0.15) is 0 Å². The van der Waals surface area contributed by atoms with Crippen molar-refractivity contribution in [3.63, 3.8) is 0 Å². The average molecular weight is 204 g/mol. The molecule has 15 heavy (non-hydrogen) atoms. The molecule has 1 amide bonds. The van der Waals surface area contributed by atoms with E-state index < -0.39 is 0 Å². The first-order chi connectivity index (χ1) is 7.20. The van der Waals surface area contributed by atoms with Crippen LogP contribution in [0.25, 0.3) is 6.08 Å². The summed E-state index contributed by atoms with van der Waals surface area (Å²) in [6.45, 7) is 4.26. The van der Waals surface area contributed by atoms with Gasteiger partial charge in [0.05, 0.1) is 0 Å². The van der Waals surface area contributed by atoms with E-state index in [1.807, 2.05) is 24.4 Å².